The van der Waals surface area contributed by atoms with Crippen LogP contribution in [-0.4, -0.2) is 56.0 Å². The number of hydrogen-bond acceptors (Lipinski definition) is 4. The smallest absolute Gasteiger partial charge is 0.230 e. The van der Waals surface area contributed by atoms with Crippen molar-refractivity contribution in [1.29, 1.82) is 0 Å². The first-order chi connectivity index (χ1) is 10.6. The molecule has 0 aromatic heterocycles. The number of nitrogens with zero attached hydrogens (tertiary/aromatic N) is 1. The van der Waals surface area contributed by atoms with Gasteiger partial charge in [-0.05, 0) is 31.2 Å². The molecule has 1 fully saturated rings. The number of halogens is 2. The van der Waals surface area contributed by atoms with Gasteiger partial charge in [0, 0.05) is 24.5 Å². The highest BCUT2D eigenvalue weighted by Gasteiger charge is 2.10. The van der Waals surface area contributed by atoms with E-state index in [9.17, 15) is 13.6 Å². The molecule has 1 aliphatic rings. The largest absolute Gasteiger partial charge is 0.379 e. The summed E-state index contributed by atoms with van der Waals surface area (Å²) in [5.74, 6) is -1.67. The Kier molecular flexibility index (Phi) is 7.08. The van der Waals surface area contributed by atoms with E-state index in [1.165, 1.54) is 17.8 Å². The Morgan fingerprint density at radius 1 is 1.27 bits per heavy atom. The molecule has 1 saturated heterocycles. The van der Waals surface area contributed by atoms with Gasteiger partial charge in [-0.25, -0.2) is 8.78 Å². The van der Waals surface area contributed by atoms with Crippen molar-refractivity contribution in [3.05, 3.63) is 29.8 Å². The van der Waals surface area contributed by atoms with Crippen molar-refractivity contribution in [2.45, 2.75) is 11.3 Å². The van der Waals surface area contributed by atoms with Crippen LogP contribution in [0.4, 0.5) is 8.78 Å². The predicted octanol–water partition coefficient (Wildman–Crippen LogP) is 1.90. The Balaban J connectivity index is 1.58. The van der Waals surface area contributed by atoms with Crippen LogP contribution in [0.1, 0.15) is 6.42 Å². The van der Waals surface area contributed by atoms with Crippen LogP contribution >= 0.6 is 11.8 Å². The van der Waals surface area contributed by atoms with Crippen molar-refractivity contribution in [3.8, 4) is 0 Å². The molecule has 7 heteroatoms. The van der Waals surface area contributed by atoms with Crippen molar-refractivity contribution in [2.75, 3.05) is 45.1 Å². The standard InChI is InChI=1S/C15H20F2N2O2S/c16-13-3-2-12(10-14(13)17)22-11-15(20)18-4-1-5-19-6-8-21-9-7-19/h2-3,10H,1,4-9,11H2,(H,18,20). The van der Waals surface area contributed by atoms with Gasteiger partial charge in [0.15, 0.2) is 11.6 Å². The molecule has 0 unspecified atom stereocenters. The zero-order valence-electron chi connectivity index (χ0n) is 12.3. The Hall–Kier alpha value is -1.18. The molecule has 0 atom stereocenters. The molecule has 1 aliphatic heterocycles. The molecule has 0 spiro atoms. The molecule has 0 aliphatic carbocycles. The van der Waals surface area contributed by atoms with Crippen LogP contribution in [0.3, 0.4) is 0 Å². The topological polar surface area (TPSA) is 41.6 Å². The number of nitrogens with one attached hydrogen (secondary N) is 1. The van der Waals surface area contributed by atoms with Crippen molar-refractivity contribution in [3.63, 3.8) is 0 Å². The number of morpholine rings is 1. The third-order valence-electron chi connectivity index (χ3n) is 3.34. The monoisotopic (exact) mass is 330 g/mol. The van der Waals surface area contributed by atoms with Crippen molar-refractivity contribution in [1.82, 2.24) is 10.2 Å². The van der Waals surface area contributed by atoms with Gasteiger partial charge in [0.25, 0.3) is 0 Å². The average molecular weight is 330 g/mol. The fourth-order valence-electron chi connectivity index (χ4n) is 2.12. The number of benzene rings is 1. The van der Waals surface area contributed by atoms with Crippen LogP contribution in [0.5, 0.6) is 0 Å². The van der Waals surface area contributed by atoms with Crippen LogP contribution in [0, 0.1) is 11.6 Å². The van der Waals surface area contributed by atoms with E-state index in [2.05, 4.69) is 10.2 Å². The fourth-order valence-corrected chi connectivity index (χ4v) is 2.87. The Labute approximate surface area is 133 Å². The Bertz CT molecular complexity index is 496. The maximum Gasteiger partial charge on any atom is 0.230 e. The summed E-state index contributed by atoms with van der Waals surface area (Å²) in [6.07, 6.45) is 0.890. The molecule has 4 nitrogen and oxygen atoms in total. The van der Waals surface area contributed by atoms with Gasteiger partial charge in [-0.1, -0.05) is 0 Å². The Morgan fingerprint density at radius 3 is 2.77 bits per heavy atom. The van der Waals surface area contributed by atoms with Gasteiger partial charge >= 0.3 is 0 Å². The second-order valence-electron chi connectivity index (χ2n) is 5.02. The molecule has 1 aromatic rings. The summed E-state index contributed by atoms with van der Waals surface area (Å²) in [6.45, 7) is 5.00. The van der Waals surface area contributed by atoms with E-state index < -0.39 is 11.6 Å². The third kappa shape index (κ3) is 5.90. The first-order valence-corrected chi connectivity index (χ1v) is 8.28. The van der Waals surface area contributed by atoms with Crippen molar-refractivity contribution >= 4 is 17.7 Å². The zero-order valence-corrected chi connectivity index (χ0v) is 13.1. The van der Waals surface area contributed by atoms with E-state index in [0.717, 1.165) is 51.4 Å². The minimum Gasteiger partial charge on any atom is -0.379 e. The SMILES string of the molecule is O=C(CSc1ccc(F)c(F)c1)NCCCN1CCOCC1. The van der Waals surface area contributed by atoms with E-state index in [1.807, 2.05) is 0 Å². The molecule has 122 valence electrons. The first-order valence-electron chi connectivity index (χ1n) is 7.30. The van der Waals surface area contributed by atoms with Crippen LogP contribution in [0.2, 0.25) is 0 Å². The minimum absolute atomic E-state index is 0.100. The molecule has 1 amide bonds. The van der Waals surface area contributed by atoms with E-state index in [-0.39, 0.29) is 11.7 Å². The predicted molar refractivity (Wildman–Crippen MR) is 82.0 cm³/mol. The van der Waals surface area contributed by atoms with Crippen LogP contribution in [0.15, 0.2) is 23.1 Å². The Morgan fingerprint density at radius 2 is 2.05 bits per heavy atom. The lowest BCUT2D eigenvalue weighted by atomic mass is 10.3. The summed E-state index contributed by atoms with van der Waals surface area (Å²) in [6, 6.07) is 3.64. The average Bonchev–Trinajstić information content (AvgIpc) is 2.54. The maximum atomic E-state index is 13.0. The highest BCUT2D eigenvalue weighted by atomic mass is 32.2. The molecule has 0 radical (unpaired) electrons. The number of hydrogen-bond donors (Lipinski definition) is 1. The highest BCUT2D eigenvalue weighted by Crippen LogP contribution is 2.19. The quantitative estimate of drug-likeness (QED) is 0.612. The number of ether oxygens (including phenoxy) is 1. The minimum atomic E-state index is -0.893. The fraction of sp³-hybridized carbons (Fsp3) is 0.533. The summed E-state index contributed by atoms with van der Waals surface area (Å²) < 4.78 is 31.1. The number of amides is 1. The molecule has 1 N–H and O–H groups in total. The number of rotatable bonds is 7. The number of thioether (sulfide) groups is 1. The highest BCUT2D eigenvalue weighted by molar-refractivity contribution is 8.00. The summed E-state index contributed by atoms with van der Waals surface area (Å²) >= 11 is 1.19. The lowest BCUT2D eigenvalue weighted by Crippen LogP contribution is -2.38. The van der Waals surface area contributed by atoms with Crippen molar-refractivity contribution in [2.24, 2.45) is 0 Å². The molecular weight excluding hydrogens is 310 g/mol. The molecule has 1 aromatic carbocycles. The van der Waals surface area contributed by atoms with Gasteiger partial charge in [-0.3, -0.25) is 9.69 Å². The summed E-state index contributed by atoms with van der Waals surface area (Å²) in [4.78, 5) is 14.5. The van der Waals surface area contributed by atoms with E-state index in [1.54, 1.807) is 0 Å². The second kappa shape index (κ2) is 9.07. The van der Waals surface area contributed by atoms with Gasteiger partial charge in [0.05, 0.1) is 19.0 Å². The summed E-state index contributed by atoms with van der Waals surface area (Å²) in [5, 5.41) is 2.83. The molecular formula is C15H20F2N2O2S. The number of carbonyl (C=O) groups is 1. The van der Waals surface area contributed by atoms with E-state index in [0.29, 0.717) is 11.4 Å². The molecule has 0 bridgehead atoms. The number of carbonyl (C=O) groups excluding carboxylic acids is 1. The van der Waals surface area contributed by atoms with Gasteiger partial charge in [0.2, 0.25) is 5.91 Å². The van der Waals surface area contributed by atoms with Crippen molar-refractivity contribution < 1.29 is 18.3 Å². The molecule has 2 rings (SSSR count). The van der Waals surface area contributed by atoms with E-state index >= 15 is 0 Å². The third-order valence-corrected chi connectivity index (χ3v) is 4.33. The van der Waals surface area contributed by atoms with Crippen LogP contribution in [0.25, 0.3) is 0 Å². The zero-order chi connectivity index (χ0) is 15.8. The summed E-state index contributed by atoms with van der Waals surface area (Å²) in [7, 11) is 0. The molecule has 22 heavy (non-hydrogen) atoms. The first kappa shape index (κ1) is 17.2. The van der Waals surface area contributed by atoms with E-state index in [4.69, 9.17) is 4.74 Å². The lowest BCUT2D eigenvalue weighted by molar-refractivity contribution is -0.118. The summed E-state index contributed by atoms with van der Waals surface area (Å²) in [5.41, 5.74) is 0. The van der Waals surface area contributed by atoms with Gasteiger partial charge in [-0.15, -0.1) is 11.8 Å². The van der Waals surface area contributed by atoms with Gasteiger partial charge in [-0.2, -0.15) is 0 Å². The van der Waals surface area contributed by atoms with Gasteiger partial charge < -0.3 is 10.1 Å². The van der Waals surface area contributed by atoms with Crippen LogP contribution in [-0.2, 0) is 9.53 Å². The van der Waals surface area contributed by atoms with Crippen LogP contribution < -0.4 is 5.32 Å². The second-order valence-corrected chi connectivity index (χ2v) is 6.07. The lowest BCUT2D eigenvalue weighted by Gasteiger charge is -2.26. The molecule has 1 heterocycles. The normalized spacial score (nSPS) is 15.7. The maximum absolute atomic E-state index is 13.0. The van der Waals surface area contributed by atoms with Gasteiger partial charge in [0.1, 0.15) is 0 Å². The molecule has 0 saturated carbocycles.